The van der Waals surface area contributed by atoms with Crippen LogP contribution in [0.3, 0.4) is 0 Å². The minimum Gasteiger partial charge on any atom is -0.492 e. The third kappa shape index (κ3) is 4.40. The average molecular weight is 339 g/mol. The number of amides is 1. The summed E-state index contributed by atoms with van der Waals surface area (Å²) in [6, 6.07) is 17.9. The molecule has 132 valence electrons. The normalized spacial score (nSPS) is 20.3. The first-order valence-electron chi connectivity index (χ1n) is 8.88. The average Bonchev–Trinajstić information content (AvgIpc) is 2.65. The number of aliphatic hydroxyl groups is 1. The van der Waals surface area contributed by atoms with Gasteiger partial charge in [-0.25, -0.2) is 0 Å². The SMILES string of the molecule is CC1CCN(C(=O)CCOc2ccccc2-c2ccccc2)CC1O. The van der Waals surface area contributed by atoms with Crippen LogP contribution in [0.5, 0.6) is 5.75 Å². The topological polar surface area (TPSA) is 49.8 Å². The molecule has 3 rings (SSSR count). The molecule has 0 aromatic heterocycles. The first-order chi connectivity index (χ1) is 12.1. The Bertz CT molecular complexity index is 701. The third-order valence-electron chi connectivity index (χ3n) is 4.82. The number of likely N-dealkylation sites (tertiary alicyclic amines) is 1. The van der Waals surface area contributed by atoms with Crippen LogP contribution in [0.25, 0.3) is 11.1 Å². The molecule has 1 N–H and O–H groups in total. The predicted octanol–water partition coefficient (Wildman–Crippen LogP) is 3.35. The van der Waals surface area contributed by atoms with Crippen molar-refractivity contribution in [2.24, 2.45) is 5.92 Å². The molecule has 2 aromatic carbocycles. The fourth-order valence-electron chi connectivity index (χ4n) is 3.13. The van der Waals surface area contributed by atoms with Gasteiger partial charge in [0.15, 0.2) is 0 Å². The zero-order chi connectivity index (χ0) is 17.6. The Hall–Kier alpha value is -2.33. The molecule has 0 spiro atoms. The van der Waals surface area contributed by atoms with Gasteiger partial charge in [0.05, 0.1) is 19.1 Å². The van der Waals surface area contributed by atoms with Crippen molar-refractivity contribution in [1.82, 2.24) is 4.90 Å². The van der Waals surface area contributed by atoms with Crippen LogP contribution < -0.4 is 4.74 Å². The Kier molecular flexibility index (Phi) is 5.71. The molecule has 25 heavy (non-hydrogen) atoms. The zero-order valence-corrected chi connectivity index (χ0v) is 14.6. The smallest absolute Gasteiger partial charge is 0.226 e. The monoisotopic (exact) mass is 339 g/mol. The van der Waals surface area contributed by atoms with Gasteiger partial charge in [-0.15, -0.1) is 0 Å². The van der Waals surface area contributed by atoms with E-state index in [1.807, 2.05) is 61.5 Å². The number of piperidine rings is 1. The van der Waals surface area contributed by atoms with Crippen LogP contribution in [0.1, 0.15) is 19.8 Å². The van der Waals surface area contributed by atoms with E-state index in [0.717, 1.165) is 29.8 Å². The molecule has 0 radical (unpaired) electrons. The van der Waals surface area contributed by atoms with Crippen LogP contribution in [0.4, 0.5) is 0 Å². The number of carbonyl (C=O) groups is 1. The van der Waals surface area contributed by atoms with Crippen LogP contribution in [0.15, 0.2) is 54.6 Å². The number of benzene rings is 2. The molecule has 1 fully saturated rings. The van der Waals surface area contributed by atoms with E-state index in [0.29, 0.717) is 19.6 Å². The first-order valence-corrected chi connectivity index (χ1v) is 8.88. The maximum Gasteiger partial charge on any atom is 0.226 e. The molecule has 0 saturated carbocycles. The van der Waals surface area contributed by atoms with Crippen molar-refractivity contribution in [2.45, 2.75) is 25.9 Å². The second-order valence-electron chi connectivity index (χ2n) is 6.63. The van der Waals surface area contributed by atoms with Gasteiger partial charge in [-0.05, 0) is 24.0 Å². The molecule has 1 aliphatic rings. The third-order valence-corrected chi connectivity index (χ3v) is 4.82. The van der Waals surface area contributed by atoms with Crippen molar-refractivity contribution < 1.29 is 14.6 Å². The summed E-state index contributed by atoms with van der Waals surface area (Å²) in [6.07, 6.45) is 0.756. The van der Waals surface area contributed by atoms with Crippen molar-refractivity contribution in [2.75, 3.05) is 19.7 Å². The van der Waals surface area contributed by atoms with Gasteiger partial charge in [0, 0.05) is 18.7 Å². The Balaban J connectivity index is 1.57. The molecule has 1 aliphatic heterocycles. The standard InChI is InChI=1S/C21H25NO3/c1-16-11-13-22(15-19(16)23)21(24)12-14-25-20-10-6-5-9-18(20)17-7-3-2-4-8-17/h2-10,16,19,23H,11-15H2,1H3. The van der Waals surface area contributed by atoms with Gasteiger partial charge in [-0.1, -0.05) is 55.5 Å². The number of hydrogen-bond donors (Lipinski definition) is 1. The summed E-state index contributed by atoms with van der Waals surface area (Å²) in [4.78, 5) is 14.1. The minimum atomic E-state index is -0.419. The van der Waals surface area contributed by atoms with E-state index in [4.69, 9.17) is 4.74 Å². The van der Waals surface area contributed by atoms with Gasteiger partial charge in [0.1, 0.15) is 5.75 Å². The zero-order valence-electron chi connectivity index (χ0n) is 14.6. The van der Waals surface area contributed by atoms with E-state index >= 15 is 0 Å². The molecule has 2 aromatic rings. The molecule has 4 nitrogen and oxygen atoms in total. The Labute approximate surface area is 149 Å². The summed E-state index contributed by atoms with van der Waals surface area (Å²) in [5, 5.41) is 9.94. The number of nitrogens with zero attached hydrogens (tertiary/aromatic N) is 1. The molecule has 1 heterocycles. The van der Waals surface area contributed by atoms with Gasteiger partial charge in [-0.2, -0.15) is 0 Å². The van der Waals surface area contributed by atoms with E-state index < -0.39 is 6.10 Å². The summed E-state index contributed by atoms with van der Waals surface area (Å²) in [7, 11) is 0. The van der Waals surface area contributed by atoms with Gasteiger partial charge < -0.3 is 14.7 Å². The summed E-state index contributed by atoms with van der Waals surface area (Å²) >= 11 is 0. The molecule has 0 aliphatic carbocycles. The van der Waals surface area contributed by atoms with Crippen molar-refractivity contribution in [3.8, 4) is 16.9 Å². The lowest BCUT2D eigenvalue weighted by Crippen LogP contribution is -2.46. The Morgan fingerprint density at radius 1 is 1.16 bits per heavy atom. The molecule has 0 bridgehead atoms. The number of ether oxygens (including phenoxy) is 1. The van der Waals surface area contributed by atoms with E-state index in [1.54, 1.807) is 4.90 Å². The van der Waals surface area contributed by atoms with Crippen LogP contribution in [-0.4, -0.2) is 41.7 Å². The number of aliphatic hydroxyl groups excluding tert-OH is 1. The molecule has 2 atom stereocenters. The summed E-state index contributed by atoms with van der Waals surface area (Å²) in [5.41, 5.74) is 2.12. The second kappa shape index (κ2) is 8.17. The van der Waals surface area contributed by atoms with E-state index in [-0.39, 0.29) is 11.8 Å². The molecule has 4 heteroatoms. The van der Waals surface area contributed by atoms with Crippen molar-refractivity contribution in [3.05, 3.63) is 54.6 Å². The number of rotatable bonds is 5. The van der Waals surface area contributed by atoms with Gasteiger partial charge in [-0.3, -0.25) is 4.79 Å². The van der Waals surface area contributed by atoms with Crippen LogP contribution in [0, 0.1) is 5.92 Å². The highest BCUT2D eigenvalue weighted by Gasteiger charge is 2.26. The lowest BCUT2D eigenvalue weighted by Gasteiger charge is -2.34. The van der Waals surface area contributed by atoms with Crippen molar-refractivity contribution in [1.29, 1.82) is 0 Å². The maximum absolute atomic E-state index is 12.3. The minimum absolute atomic E-state index is 0.0446. The predicted molar refractivity (Wildman–Crippen MR) is 98.4 cm³/mol. The Morgan fingerprint density at radius 2 is 1.88 bits per heavy atom. The van der Waals surface area contributed by atoms with Crippen LogP contribution in [0.2, 0.25) is 0 Å². The van der Waals surface area contributed by atoms with Gasteiger partial charge in [0.25, 0.3) is 0 Å². The number of β-amino-alcohol motifs (C(OH)–C–C–N with tert-alkyl or cyclic N) is 1. The quantitative estimate of drug-likeness (QED) is 0.909. The fraction of sp³-hybridized carbons (Fsp3) is 0.381. The lowest BCUT2D eigenvalue weighted by atomic mass is 9.96. The highest BCUT2D eigenvalue weighted by Crippen LogP contribution is 2.29. The second-order valence-corrected chi connectivity index (χ2v) is 6.63. The van der Waals surface area contributed by atoms with E-state index in [2.05, 4.69) is 0 Å². The molecule has 2 unspecified atom stereocenters. The molecule has 1 amide bonds. The largest absolute Gasteiger partial charge is 0.492 e. The van der Waals surface area contributed by atoms with Gasteiger partial charge in [0.2, 0.25) is 5.91 Å². The Morgan fingerprint density at radius 3 is 2.64 bits per heavy atom. The molecular formula is C21H25NO3. The summed E-state index contributed by atoms with van der Waals surface area (Å²) < 4.78 is 5.89. The molecule has 1 saturated heterocycles. The number of hydrogen-bond acceptors (Lipinski definition) is 3. The maximum atomic E-state index is 12.3. The van der Waals surface area contributed by atoms with Crippen molar-refractivity contribution in [3.63, 3.8) is 0 Å². The van der Waals surface area contributed by atoms with E-state index in [9.17, 15) is 9.90 Å². The number of para-hydroxylation sites is 1. The lowest BCUT2D eigenvalue weighted by molar-refractivity contribution is -0.135. The number of carbonyl (C=O) groups excluding carboxylic acids is 1. The van der Waals surface area contributed by atoms with Crippen molar-refractivity contribution >= 4 is 5.91 Å². The first kappa shape index (κ1) is 17.5. The fourth-order valence-corrected chi connectivity index (χ4v) is 3.13. The van der Waals surface area contributed by atoms with Crippen LogP contribution >= 0.6 is 0 Å². The highest BCUT2D eigenvalue weighted by molar-refractivity contribution is 5.76. The summed E-state index contributed by atoms with van der Waals surface area (Å²) in [6.45, 7) is 3.51. The van der Waals surface area contributed by atoms with Crippen LogP contribution in [-0.2, 0) is 4.79 Å². The van der Waals surface area contributed by atoms with Gasteiger partial charge >= 0.3 is 0 Å². The highest BCUT2D eigenvalue weighted by atomic mass is 16.5. The summed E-state index contributed by atoms with van der Waals surface area (Å²) in [5.74, 6) is 1.09. The molecular weight excluding hydrogens is 314 g/mol. The van der Waals surface area contributed by atoms with E-state index in [1.165, 1.54) is 0 Å².